The van der Waals surface area contributed by atoms with Crippen LogP contribution in [0, 0.1) is 11.3 Å². The highest BCUT2D eigenvalue weighted by Crippen LogP contribution is 2.49. The van der Waals surface area contributed by atoms with Crippen LogP contribution in [0.5, 0.6) is 0 Å². The number of nitrogens with one attached hydrogen (secondary N) is 2. The van der Waals surface area contributed by atoms with Crippen LogP contribution in [0.15, 0.2) is 30.3 Å². The molecule has 26 heavy (non-hydrogen) atoms. The molecular weight excluding hydrogens is 334 g/mol. The van der Waals surface area contributed by atoms with E-state index in [1.165, 1.54) is 0 Å². The number of anilines is 1. The van der Waals surface area contributed by atoms with E-state index in [9.17, 15) is 19.5 Å². The van der Waals surface area contributed by atoms with Gasteiger partial charge in [-0.1, -0.05) is 24.6 Å². The van der Waals surface area contributed by atoms with Crippen LogP contribution in [0.2, 0.25) is 0 Å². The van der Waals surface area contributed by atoms with Crippen molar-refractivity contribution in [1.82, 2.24) is 10.2 Å². The van der Waals surface area contributed by atoms with E-state index < -0.39 is 23.0 Å². The average Bonchev–Trinajstić information content (AvgIpc) is 3.12. The number of hydrogen-bond acceptors (Lipinski definition) is 3. The lowest BCUT2D eigenvalue weighted by Crippen LogP contribution is -2.56. The summed E-state index contributed by atoms with van der Waals surface area (Å²) in [6.07, 6.45) is 2.33. The number of carboxylic acids is 1. The number of hydrogen-bond donors (Lipinski definition) is 3. The van der Waals surface area contributed by atoms with Gasteiger partial charge in [0, 0.05) is 18.8 Å². The third-order valence-corrected chi connectivity index (χ3v) is 5.58. The Morgan fingerprint density at radius 2 is 1.92 bits per heavy atom. The predicted octanol–water partition coefficient (Wildman–Crippen LogP) is 2.30. The summed E-state index contributed by atoms with van der Waals surface area (Å²) in [6.45, 7) is 3.94. The van der Waals surface area contributed by atoms with E-state index in [4.69, 9.17) is 0 Å². The van der Waals surface area contributed by atoms with Gasteiger partial charge in [-0.2, -0.15) is 0 Å². The molecule has 1 saturated heterocycles. The Labute approximate surface area is 152 Å². The second kappa shape index (κ2) is 6.63. The normalized spacial score (nSPS) is 24.8. The molecule has 1 aliphatic carbocycles. The van der Waals surface area contributed by atoms with Crippen LogP contribution >= 0.6 is 0 Å². The molecule has 7 nitrogen and oxygen atoms in total. The molecule has 0 radical (unpaired) electrons. The maximum atomic E-state index is 12.9. The highest BCUT2D eigenvalue weighted by molar-refractivity contribution is 5.96. The SMILES string of the molecule is CC(C)(NC(=O)Nc1ccccc1)C(=O)N1C[C@@H]2CCC[C@@]2(C(=O)O)C1. The molecule has 0 bridgehead atoms. The zero-order valence-electron chi connectivity index (χ0n) is 15.1. The standard InChI is InChI=1S/C19H25N3O4/c1-18(2,21-17(26)20-14-8-4-3-5-9-14)15(23)22-11-13-7-6-10-19(13,12-22)16(24)25/h3-5,8-9,13H,6-7,10-12H2,1-2H3,(H,24,25)(H2,20,21,26)/t13-,19+/m0/s1. The number of rotatable bonds is 4. The lowest BCUT2D eigenvalue weighted by atomic mass is 9.81. The van der Waals surface area contributed by atoms with Crippen LogP contribution in [0.4, 0.5) is 10.5 Å². The number of carbonyl (C=O) groups is 3. The summed E-state index contributed by atoms with van der Waals surface area (Å²) in [5.74, 6) is -1.07. The first-order valence-electron chi connectivity index (χ1n) is 8.92. The van der Waals surface area contributed by atoms with Gasteiger partial charge in [0.25, 0.3) is 0 Å². The number of aliphatic carboxylic acids is 1. The molecule has 1 aromatic rings. The minimum atomic E-state index is -1.13. The first kappa shape index (κ1) is 18.2. The molecule has 0 spiro atoms. The predicted molar refractivity (Wildman–Crippen MR) is 96.7 cm³/mol. The Bertz CT molecular complexity index is 719. The van der Waals surface area contributed by atoms with E-state index in [1.807, 2.05) is 6.07 Å². The molecule has 140 valence electrons. The Morgan fingerprint density at radius 3 is 2.54 bits per heavy atom. The molecule has 3 rings (SSSR count). The summed E-state index contributed by atoms with van der Waals surface area (Å²) in [5, 5.41) is 15.1. The highest BCUT2D eigenvalue weighted by atomic mass is 16.4. The molecule has 2 aliphatic rings. The molecule has 0 unspecified atom stereocenters. The van der Waals surface area contributed by atoms with E-state index in [1.54, 1.807) is 43.0 Å². The minimum Gasteiger partial charge on any atom is -0.481 e. The van der Waals surface area contributed by atoms with Crippen LogP contribution in [0.25, 0.3) is 0 Å². The number of carbonyl (C=O) groups excluding carboxylic acids is 2. The average molecular weight is 359 g/mol. The Balaban J connectivity index is 1.65. The van der Waals surface area contributed by atoms with Crippen molar-refractivity contribution in [3.8, 4) is 0 Å². The third-order valence-electron chi connectivity index (χ3n) is 5.58. The molecule has 0 aromatic heterocycles. The number of amides is 3. The van der Waals surface area contributed by atoms with Crippen LogP contribution in [0.1, 0.15) is 33.1 Å². The molecule has 1 heterocycles. The smallest absolute Gasteiger partial charge is 0.320 e. The number of benzene rings is 1. The Hall–Kier alpha value is -2.57. The number of likely N-dealkylation sites (tertiary alicyclic amines) is 1. The van der Waals surface area contributed by atoms with Gasteiger partial charge in [0.2, 0.25) is 5.91 Å². The molecule has 1 saturated carbocycles. The van der Waals surface area contributed by atoms with E-state index in [0.717, 1.165) is 12.8 Å². The second-order valence-corrected chi connectivity index (χ2v) is 7.81. The summed E-state index contributed by atoms with van der Waals surface area (Å²) < 4.78 is 0. The molecular formula is C19H25N3O4. The highest BCUT2D eigenvalue weighted by Gasteiger charge is 2.56. The van der Waals surface area contributed by atoms with E-state index in [2.05, 4.69) is 10.6 Å². The van der Waals surface area contributed by atoms with Gasteiger partial charge in [-0.15, -0.1) is 0 Å². The van der Waals surface area contributed by atoms with Crippen molar-refractivity contribution >= 4 is 23.6 Å². The fourth-order valence-corrected chi connectivity index (χ4v) is 4.21. The zero-order valence-corrected chi connectivity index (χ0v) is 15.1. The van der Waals surface area contributed by atoms with Crippen molar-refractivity contribution in [3.63, 3.8) is 0 Å². The number of nitrogens with zero attached hydrogens (tertiary/aromatic N) is 1. The van der Waals surface area contributed by atoms with Gasteiger partial charge < -0.3 is 20.6 Å². The van der Waals surface area contributed by atoms with Crippen molar-refractivity contribution in [2.45, 2.75) is 38.6 Å². The van der Waals surface area contributed by atoms with Gasteiger partial charge in [-0.25, -0.2) is 4.79 Å². The largest absolute Gasteiger partial charge is 0.481 e. The fraction of sp³-hybridized carbons (Fsp3) is 0.526. The maximum absolute atomic E-state index is 12.9. The van der Waals surface area contributed by atoms with Crippen LogP contribution in [-0.4, -0.2) is 46.5 Å². The number of fused-ring (bicyclic) bond motifs is 1. The van der Waals surface area contributed by atoms with Crippen molar-refractivity contribution in [2.75, 3.05) is 18.4 Å². The lowest BCUT2D eigenvalue weighted by Gasteiger charge is -2.31. The quantitative estimate of drug-likeness (QED) is 0.768. The Kier molecular flexibility index (Phi) is 4.64. The molecule has 3 amide bonds. The van der Waals surface area contributed by atoms with Gasteiger partial charge in [-0.05, 0) is 44.7 Å². The fourth-order valence-electron chi connectivity index (χ4n) is 4.21. The molecule has 3 N–H and O–H groups in total. The zero-order chi connectivity index (χ0) is 18.9. The van der Waals surface area contributed by atoms with Crippen molar-refractivity contribution in [1.29, 1.82) is 0 Å². The van der Waals surface area contributed by atoms with Gasteiger partial charge in [0.1, 0.15) is 5.54 Å². The molecule has 2 fully saturated rings. The summed E-state index contributed by atoms with van der Waals surface area (Å²) >= 11 is 0. The molecule has 2 atom stereocenters. The van der Waals surface area contributed by atoms with Crippen LogP contribution in [0.3, 0.4) is 0 Å². The Morgan fingerprint density at radius 1 is 1.23 bits per heavy atom. The second-order valence-electron chi connectivity index (χ2n) is 7.81. The summed E-state index contributed by atoms with van der Waals surface area (Å²) in [5.41, 5.74) is -1.32. The van der Waals surface area contributed by atoms with E-state index in [-0.39, 0.29) is 18.4 Å². The topological polar surface area (TPSA) is 98.7 Å². The molecule has 1 aromatic carbocycles. The summed E-state index contributed by atoms with van der Waals surface area (Å²) in [7, 11) is 0. The van der Waals surface area contributed by atoms with Crippen LogP contribution < -0.4 is 10.6 Å². The first-order chi connectivity index (χ1) is 12.2. The minimum absolute atomic E-state index is 0.00195. The van der Waals surface area contributed by atoms with E-state index in [0.29, 0.717) is 18.7 Å². The van der Waals surface area contributed by atoms with Gasteiger partial charge >= 0.3 is 12.0 Å². The first-order valence-corrected chi connectivity index (χ1v) is 8.92. The van der Waals surface area contributed by atoms with Gasteiger partial charge in [0.05, 0.1) is 5.41 Å². The van der Waals surface area contributed by atoms with E-state index >= 15 is 0 Å². The number of para-hydroxylation sites is 1. The summed E-state index contributed by atoms with van der Waals surface area (Å²) in [4.78, 5) is 38.6. The molecule has 7 heteroatoms. The monoisotopic (exact) mass is 359 g/mol. The number of carboxylic acid groups (broad SMARTS) is 1. The molecule has 1 aliphatic heterocycles. The van der Waals surface area contributed by atoms with Crippen molar-refractivity contribution in [2.24, 2.45) is 11.3 Å². The lowest BCUT2D eigenvalue weighted by molar-refractivity contribution is -0.149. The summed E-state index contributed by atoms with van der Waals surface area (Å²) in [6, 6.07) is 8.50. The number of urea groups is 1. The van der Waals surface area contributed by atoms with Crippen LogP contribution in [-0.2, 0) is 9.59 Å². The van der Waals surface area contributed by atoms with Gasteiger partial charge in [0.15, 0.2) is 0 Å². The van der Waals surface area contributed by atoms with Crippen molar-refractivity contribution in [3.05, 3.63) is 30.3 Å². The maximum Gasteiger partial charge on any atom is 0.320 e. The van der Waals surface area contributed by atoms with Gasteiger partial charge in [-0.3, -0.25) is 9.59 Å². The van der Waals surface area contributed by atoms with Crippen molar-refractivity contribution < 1.29 is 19.5 Å². The third kappa shape index (κ3) is 3.25.